The van der Waals surface area contributed by atoms with Crippen LogP contribution < -0.4 is 20.7 Å². The van der Waals surface area contributed by atoms with Gasteiger partial charge in [0, 0.05) is 31.9 Å². The Labute approximate surface area is 188 Å². The van der Waals surface area contributed by atoms with Gasteiger partial charge in [0.2, 0.25) is 0 Å². The average molecular weight is 435 g/mol. The molecule has 0 atom stereocenters. The third-order valence-electron chi connectivity index (χ3n) is 4.85. The Balaban J connectivity index is 1.57. The molecule has 0 radical (unpaired) electrons. The third kappa shape index (κ3) is 6.34. The van der Waals surface area contributed by atoms with Crippen molar-refractivity contribution in [1.29, 1.82) is 0 Å². The first-order chi connectivity index (χ1) is 15.6. The van der Waals surface area contributed by atoms with E-state index in [-0.39, 0.29) is 5.91 Å². The van der Waals surface area contributed by atoms with Crippen LogP contribution in [-0.4, -0.2) is 48.9 Å². The maximum absolute atomic E-state index is 11.8. The van der Waals surface area contributed by atoms with Crippen LogP contribution in [0.1, 0.15) is 28.5 Å². The molecule has 0 aliphatic rings. The number of nitrogens with one attached hydrogen (secondary N) is 3. The number of carbonyl (C=O) groups excluding carboxylic acids is 1. The molecule has 1 amide bonds. The van der Waals surface area contributed by atoms with Crippen LogP contribution in [0.5, 0.6) is 5.75 Å². The Morgan fingerprint density at radius 3 is 2.66 bits per heavy atom. The third-order valence-corrected chi connectivity index (χ3v) is 4.85. The molecule has 0 unspecified atom stereocenters. The quantitative estimate of drug-likeness (QED) is 0.356. The summed E-state index contributed by atoms with van der Waals surface area (Å²) in [7, 11) is 3.28. The SMILES string of the molecule is CCNC(=NCc1ccn(-c2ccc(OC)cc2)n1)NCCc1cccc(C(=O)NC)c1. The van der Waals surface area contributed by atoms with Gasteiger partial charge < -0.3 is 20.7 Å². The van der Waals surface area contributed by atoms with Crippen LogP contribution in [0, 0.1) is 0 Å². The number of aromatic nitrogens is 2. The Morgan fingerprint density at radius 1 is 1.12 bits per heavy atom. The number of hydrogen-bond acceptors (Lipinski definition) is 4. The van der Waals surface area contributed by atoms with E-state index in [0.29, 0.717) is 18.7 Å². The number of carbonyl (C=O) groups is 1. The first kappa shape index (κ1) is 22.9. The van der Waals surface area contributed by atoms with Crippen molar-refractivity contribution >= 4 is 11.9 Å². The second-order valence-electron chi connectivity index (χ2n) is 7.10. The highest BCUT2D eigenvalue weighted by atomic mass is 16.5. The maximum atomic E-state index is 11.8. The zero-order valence-corrected chi connectivity index (χ0v) is 18.8. The molecule has 3 aromatic rings. The van der Waals surface area contributed by atoms with E-state index in [1.165, 1.54) is 0 Å². The van der Waals surface area contributed by atoms with E-state index in [1.54, 1.807) is 14.2 Å². The Kier molecular flexibility index (Phi) is 8.25. The van der Waals surface area contributed by atoms with Gasteiger partial charge in [-0.2, -0.15) is 5.10 Å². The van der Waals surface area contributed by atoms with Gasteiger partial charge in [0.1, 0.15) is 5.75 Å². The van der Waals surface area contributed by atoms with Crippen LogP contribution in [0.25, 0.3) is 5.69 Å². The molecule has 0 bridgehead atoms. The summed E-state index contributed by atoms with van der Waals surface area (Å²) in [5.41, 5.74) is 3.59. The standard InChI is InChI=1S/C24H30N6O2/c1-4-26-24(27-14-12-18-6-5-7-19(16-18)23(31)25-2)28-17-20-13-15-30(29-20)21-8-10-22(32-3)11-9-21/h5-11,13,15-16H,4,12,14,17H2,1-3H3,(H,25,31)(H2,26,27,28). The lowest BCUT2D eigenvalue weighted by Gasteiger charge is -2.11. The molecule has 1 heterocycles. The topological polar surface area (TPSA) is 92.6 Å². The molecule has 3 N–H and O–H groups in total. The summed E-state index contributed by atoms with van der Waals surface area (Å²) in [6.45, 7) is 3.95. The minimum Gasteiger partial charge on any atom is -0.497 e. The molecule has 3 rings (SSSR count). The fourth-order valence-electron chi connectivity index (χ4n) is 3.16. The number of methoxy groups -OCH3 is 1. The van der Waals surface area contributed by atoms with Crippen molar-refractivity contribution in [2.45, 2.75) is 19.9 Å². The molecule has 0 saturated heterocycles. The van der Waals surface area contributed by atoms with E-state index in [9.17, 15) is 4.79 Å². The smallest absolute Gasteiger partial charge is 0.251 e. The normalized spacial score (nSPS) is 11.2. The summed E-state index contributed by atoms with van der Waals surface area (Å²) in [6.07, 6.45) is 2.70. The number of amides is 1. The van der Waals surface area contributed by atoms with E-state index in [2.05, 4.69) is 26.0 Å². The molecule has 1 aromatic heterocycles. The Bertz CT molecular complexity index is 1040. The van der Waals surface area contributed by atoms with Crippen LogP contribution in [0.4, 0.5) is 0 Å². The summed E-state index contributed by atoms with van der Waals surface area (Å²) in [5, 5.41) is 13.9. The van der Waals surface area contributed by atoms with Gasteiger partial charge in [0.25, 0.3) is 5.91 Å². The maximum Gasteiger partial charge on any atom is 0.251 e. The van der Waals surface area contributed by atoms with Gasteiger partial charge >= 0.3 is 0 Å². The molecule has 0 aliphatic carbocycles. The highest BCUT2D eigenvalue weighted by Crippen LogP contribution is 2.14. The molecule has 168 valence electrons. The first-order valence-corrected chi connectivity index (χ1v) is 10.6. The molecule has 8 nitrogen and oxygen atoms in total. The monoisotopic (exact) mass is 434 g/mol. The van der Waals surface area contributed by atoms with Gasteiger partial charge in [-0.25, -0.2) is 9.67 Å². The van der Waals surface area contributed by atoms with Crippen LogP contribution in [0.3, 0.4) is 0 Å². The zero-order chi connectivity index (χ0) is 22.8. The van der Waals surface area contributed by atoms with Crippen molar-refractivity contribution in [3.8, 4) is 11.4 Å². The van der Waals surface area contributed by atoms with Gasteiger partial charge in [-0.3, -0.25) is 4.79 Å². The van der Waals surface area contributed by atoms with Crippen molar-refractivity contribution in [1.82, 2.24) is 25.7 Å². The van der Waals surface area contributed by atoms with E-state index < -0.39 is 0 Å². The van der Waals surface area contributed by atoms with Gasteiger partial charge in [0.15, 0.2) is 5.96 Å². The molecular formula is C24H30N6O2. The highest BCUT2D eigenvalue weighted by molar-refractivity contribution is 5.94. The second kappa shape index (κ2) is 11.5. The van der Waals surface area contributed by atoms with E-state index in [4.69, 9.17) is 4.74 Å². The van der Waals surface area contributed by atoms with Crippen molar-refractivity contribution < 1.29 is 9.53 Å². The number of guanidine groups is 1. The highest BCUT2D eigenvalue weighted by Gasteiger charge is 2.05. The predicted octanol–water partition coefficient (Wildman–Crippen LogP) is 2.54. The van der Waals surface area contributed by atoms with Gasteiger partial charge in [-0.05, 0) is 61.4 Å². The largest absolute Gasteiger partial charge is 0.497 e. The summed E-state index contributed by atoms with van der Waals surface area (Å²) < 4.78 is 7.02. The number of aliphatic imine (C=N–C) groups is 1. The molecule has 2 aromatic carbocycles. The number of ether oxygens (including phenoxy) is 1. The molecule has 0 spiro atoms. The van der Waals surface area contributed by atoms with E-state index in [0.717, 1.165) is 41.6 Å². The van der Waals surface area contributed by atoms with E-state index >= 15 is 0 Å². The second-order valence-corrected chi connectivity index (χ2v) is 7.10. The lowest BCUT2D eigenvalue weighted by Crippen LogP contribution is -2.38. The van der Waals surface area contributed by atoms with Crippen LogP contribution in [0.15, 0.2) is 65.8 Å². The average Bonchev–Trinajstić information content (AvgIpc) is 3.31. The number of rotatable bonds is 9. The van der Waals surface area contributed by atoms with Crippen molar-refractivity contribution in [2.24, 2.45) is 4.99 Å². The van der Waals surface area contributed by atoms with E-state index in [1.807, 2.05) is 72.4 Å². The van der Waals surface area contributed by atoms with Gasteiger partial charge in [0.05, 0.1) is 25.0 Å². The predicted molar refractivity (Wildman–Crippen MR) is 126 cm³/mol. The lowest BCUT2D eigenvalue weighted by atomic mass is 10.1. The van der Waals surface area contributed by atoms with Crippen LogP contribution >= 0.6 is 0 Å². The minimum atomic E-state index is -0.0798. The zero-order valence-electron chi connectivity index (χ0n) is 18.8. The Hall–Kier alpha value is -3.81. The fraction of sp³-hybridized carbons (Fsp3) is 0.292. The van der Waals surface area contributed by atoms with Gasteiger partial charge in [-0.15, -0.1) is 0 Å². The van der Waals surface area contributed by atoms with Crippen LogP contribution in [0.2, 0.25) is 0 Å². The molecule has 0 fully saturated rings. The van der Waals surface area contributed by atoms with Crippen molar-refractivity contribution in [2.75, 3.05) is 27.2 Å². The number of nitrogens with zero attached hydrogens (tertiary/aromatic N) is 3. The summed E-state index contributed by atoms with van der Waals surface area (Å²) in [5.74, 6) is 1.46. The minimum absolute atomic E-state index is 0.0798. The molecule has 0 saturated carbocycles. The number of hydrogen-bond donors (Lipinski definition) is 3. The molecular weight excluding hydrogens is 404 g/mol. The van der Waals surface area contributed by atoms with Crippen molar-refractivity contribution in [3.63, 3.8) is 0 Å². The first-order valence-electron chi connectivity index (χ1n) is 10.6. The van der Waals surface area contributed by atoms with Crippen molar-refractivity contribution in [3.05, 3.63) is 77.6 Å². The molecule has 8 heteroatoms. The fourth-order valence-corrected chi connectivity index (χ4v) is 3.16. The number of benzene rings is 2. The summed E-state index contributed by atoms with van der Waals surface area (Å²) in [6, 6.07) is 17.3. The lowest BCUT2D eigenvalue weighted by molar-refractivity contribution is 0.0963. The van der Waals surface area contributed by atoms with Gasteiger partial charge in [-0.1, -0.05) is 12.1 Å². The molecule has 32 heavy (non-hydrogen) atoms. The summed E-state index contributed by atoms with van der Waals surface area (Å²) in [4.78, 5) is 16.4. The Morgan fingerprint density at radius 2 is 1.94 bits per heavy atom. The molecule has 0 aliphatic heterocycles. The summed E-state index contributed by atoms with van der Waals surface area (Å²) >= 11 is 0. The van der Waals surface area contributed by atoms with Crippen LogP contribution in [-0.2, 0) is 13.0 Å².